The Bertz CT molecular complexity index is 518. The van der Waals surface area contributed by atoms with Crippen LogP contribution in [0.25, 0.3) is 0 Å². The quantitative estimate of drug-likeness (QED) is 0.337. The number of hydrogen-bond acceptors (Lipinski definition) is 4. The number of ether oxygens (including phenoxy) is 1. The van der Waals surface area contributed by atoms with E-state index in [1.807, 2.05) is 12.1 Å². The molecule has 7 heteroatoms. The highest BCUT2D eigenvalue weighted by molar-refractivity contribution is 5.96. The van der Waals surface area contributed by atoms with Crippen LogP contribution in [0.3, 0.4) is 0 Å². The summed E-state index contributed by atoms with van der Waals surface area (Å²) in [6.45, 7) is 0.571. The van der Waals surface area contributed by atoms with E-state index in [0.717, 1.165) is 6.42 Å². The van der Waals surface area contributed by atoms with E-state index in [-0.39, 0.29) is 17.9 Å². The molecule has 1 heterocycles. The zero-order valence-corrected chi connectivity index (χ0v) is 11.2. The number of nitrogens with two attached hydrogens (primary N) is 1. The van der Waals surface area contributed by atoms with Crippen LogP contribution in [0.2, 0.25) is 0 Å². The molecule has 0 aliphatic carbocycles. The second-order valence-corrected chi connectivity index (χ2v) is 4.51. The van der Waals surface area contributed by atoms with Crippen molar-refractivity contribution in [2.24, 2.45) is 10.9 Å². The van der Waals surface area contributed by atoms with Crippen molar-refractivity contribution in [1.82, 2.24) is 4.90 Å². The van der Waals surface area contributed by atoms with Gasteiger partial charge in [0.1, 0.15) is 5.75 Å². The van der Waals surface area contributed by atoms with E-state index >= 15 is 0 Å². The number of likely N-dealkylation sites (tertiary alicyclic amines) is 1. The number of rotatable bonds is 3. The Morgan fingerprint density at radius 2 is 2.30 bits per heavy atom. The molecule has 1 aliphatic rings. The number of carbonyl (C=O) groups excluding carboxylic acids is 1. The summed E-state index contributed by atoms with van der Waals surface area (Å²) in [6, 6.07) is 6.50. The lowest BCUT2D eigenvalue weighted by Crippen LogP contribution is -2.45. The highest BCUT2D eigenvalue weighted by Crippen LogP contribution is 2.25. The summed E-state index contributed by atoms with van der Waals surface area (Å²) in [7, 11) is 1.54. The zero-order chi connectivity index (χ0) is 14.5. The van der Waals surface area contributed by atoms with Gasteiger partial charge in [-0.05, 0) is 25.0 Å². The normalized spacial score (nSPS) is 18.9. The van der Waals surface area contributed by atoms with E-state index in [9.17, 15) is 4.79 Å². The third-order valence-corrected chi connectivity index (χ3v) is 3.32. The van der Waals surface area contributed by atoms with Crippen LogP contribution in [-0.4, -0.2) is 41.7 Å². The van der Waals surface area contributed by atoms with Gasteiger partial charge in [-0.3, -0.25) is 0 Å². The molecule has 1 unspecified atom stereocenters. The number of nitrogens with one attached hydrogen (secondary N) is 1. The number of urea groups is 1. The standard InChI is InChI=1S/C13H18N4O3/c1-20-11-7-3-2-5-9(11)15-13(18)17-8-4-6-10(17)12(14)16-19/h2-3,5,7,10,19H,4,6,8H2,1H3,(H2,14,16)(H,15,18). The summed E-state index contributed by atoms with van der Waals surface area (Å²) in [5, 5.41) is 14.5. The monoisotopic (exact) mass is 278 g/mol. The number of benzene rings is 1. The van der Waals surface area contributed by atoms with E-state index in [1.165, 1.54) is 0 Å². The molecule has 4 N–H and O–H groups in total. The minimum atomic E-state index is -0.366. The van der Waals surface area contributed by atoms with Crippen LogP contribution in [-0.2, 0) is 0 Å². The average Bonchev–Trinajstić information content (AvgIpc) is 2.96. The smallest absolute Gasteiger partial charge is 0.322 e. The summed E-state index contributed by atoms with van der Waals surface area (Å²) in [5.41, 5.74) is 6.20. The largest absolute Gasteiger partial charge is 0.495 e. The van der Waals surface area contributed by atoms with Crippen molar-refractivity contribution in [2.45, 2.75) is 18.9 Å². The summed E-state index contributed by atoms with van der Waals surface area (Å²) < 4.78 is 5.18. The zero-order valence-electron chi connectivity index (χ0n) is 11.2. The molecule has 0 saturated carbocycles. The Balaban J connectivity index is 2.12. The topological polar surface area (TPSA) is 100 Å². The van der Waals surface area contributed by atoms with Crippen LogP contribution >= 0.6 is 0 Å². The van der Waals surface area contributed by atoms with Gasteiger partial charge >= 0.3 is 6.03 Å². The molecule has 1 saturated heterocycles. The summed E-state index contributed by atoms with van der Waals surface area (Å²) in [4.78, 5) is 13.8. The molecular formula is C13H18N4O3. The lowest BCUT2D eigenvalue weighted by atomic mass is 10.2. The van der Waals surface area contributed by atoms with Crippen LogP contribution < -0.4 is 15.8 Å². The van der Waals surface area contributed by atoms with Crippen LogP contribution in [0, 0.1) is 0 Å². The molecule has 0 bridgehead atoms. The third-order valence-electron chi connectivity index (χ3n) is 3.32. The molecule has 108 valence electrons. The van der Waals surface area contributed by atoms with Crippen molar-refractivity contribution < 1.29 is 14.7 Å². The molecule has 1 fully saturated rings. The van der Waals surface area contributed by atoms with Crippen molar-refractivity contribution in [3.8, 4) is 5.75 Å². The van der Waals surface area contributed by atoms with Gasteiger partial charge in [-0.15, -0.1) is 0 Å². The first-order chi connectivity index (χ1) is 9.67. The van der Waals surface area contributed by atoms with E-state index in [0.29, 0.717) is 24.4 Å². The number of amidine groups is 1. The fraction of sp³-hybridized carbons (Fsp3) is 0.385. The first-order valence-electron chi connectivity index (χ1n) is 6.35. The number of anilines is 1. The minimum absolute atomic E-state index is 0.0534. The molecule has 7 nitrogen and oxygen atoms in total. The van der Waals surface area contributed by atoms with Gasteiger partial charge < -0.3 is 25.9 Å². The molecule has 0 radical (unpaired) electrons. The molecule has 20 heavy (non-hydrogen) atoms. The molecular weight excluding hydrogens is 260 g/mol. The average molecular weight is 278 g/mol. The first kappa shape index (κ1) is 14.0. The fourth-order valence-electron chi connectivity index (χ4n) is 2.32. The number of amides is 2. The lowest BCUT2D eigenvalue weighted by Gasteiger charge is -2.24. The predicted molar refractivity (Wildman–Crippen MR) is 75.1 cm³/mol. The maximum atomic E-state index is 12.3. The van der Waals surface area contributed by atoms with Gasteiger partial charge in [0.05, 0.1) is 18.8 Å². The molecule has 1 aromatic carbocycles. The van der Waals surface area contributed by atoms with Crippen LogP contribution in [0.15, 0.2) is 29.4 Å². The van der Waals surface area contributed by atoms with Crippen LogP contribution in [0.4, 0.5) is 10.5 Å². The Morgan fingerprint density at radius 1 is 1.55 bits per heavy atom. The van der Waals surface area contributed by atoms with Crippen molar-refractivity contribution in [3.63, 3.8) is 0 Å². The van der Waals surface area contributed by atoms with Crippen LogP contribution in [0.5, 0.6) is 5.75 Å². The molecule has 2 amide bonds. The number of oxime groups is 1. The van der Waals surface area contributed by atoms with Crippen molar-refractivity contribution in [1.29, 1.82) is 0 Å². The summed E-state index contributed by atoms with van der Waals surface area (Å²) >= 11 is 0. The van der Waals surface area contributed by atoms with Gasteiger partial charge in [0.25, 0.3) is 0 Å². The second kappa shape index (κ2) is 6.14. The van der Waals surface area contributed by atoms with E-state index in [1.54, 1.807) is 24.1 Å². The van der Waals surface area contributed by atoms with Gasteiger partial charge in [-0.2, -0.15) is 0 Å². The molecule has 0 spiro atoms. The van der Waals surface area contributed by atoms with Gasteiger partial charge in [-0.1, -0.05) is 17.3 Å². The number of methoxy groups -OCH3 is 1. The maximum absolute atomic E-state index is 12.3. The third kappa shape index (κ3) is 2.76. The van der Waals surface area contributed by atoms with Gasteiger partial charge in [0, 0.05) is 6.54 Å². The number of carbonyl (C=O) groups is 1. The minimum Gasteiger partial charge on any atom is -0.495 e. The Morgan fingerprint density at radius 3 is 3.00 bits per heavy atom. The number of para-hydroxylation sites is 2. The second-order valence-electron chi connectivity index (χ2n) is 4.51. The molecule has 1 aromatic rings. The van der Waals surface area contributed by atoms with Gasteiger partial charge in [0.2, 0.25) is 0 Å². The molecule has 2 rings (SSSR count). The molecule has 1 aliphatic heterocycles. The van der Waals surface area contributed by atoms with Crippen molar-refractivity contribution >= 4 is 17.6 Å². The lowest BCUT2D eigenvalue weighted by molar-refractivity contribution is 0.215. The van der Waals surface area contributed by atoms with Crippen LogP contribution in [0.1, 0.15) is 12.8 Å². The van der Waals surface area contributed by atoms with E-state index in [4.69, 9.17) is 15.7 Å². The number of hydrogen-bond donors (Lipinski definition) is 3. The van der Waals surface area contributed by atoms with Crippen molar-refractivity contribution in [3.05, 3.63) is 24.3 Å². The summed E-state index contributed by atoms with van der Waals surface area (Å²) in [5.74, 6) is 0.637. The van der Waals surface area contributed by atoms with Gasteiger partial charge in [0.15, 0.2) is 5.84 Å². The Hall–Kier alpha value is -2.44. The SMILES string of the molecule is COc1ccccc1NC(=O)N1CCCC1C(N)=NO. The highest BCUT2D eigenvalue weighted by atomic mass is 16.5. The van der Waals surface area contributed by atoms with E-state index < -0.39 is 0 Å². The highest BCUT2D eigenvalue weighted by Gasteiger charge is 2.32. The summed E-state index contributed by atoms with van der Waals surface area (Å²) in [6.07, 6.45) is 1.51. The van der Waals surface area contributed by atoms with E-state index in [2.05, 4.69) is 10.5 Å². The maximum Gasteiger partial charge on any atom is 0.322 e. The Kier molecular flexibility index (Phi) is 4.29. The van der Waals surface area contributed by atoms with Gasteiger partial charge in [-0.25, -0.2) is 4.79 Å². The van der Waals surface area contributed by atoms with Crippen molar-refractivity contribution in [2.75, 3.05) is 19.0 Å². The fourth-order valence-corrected chi connectivity index (χ4v) is 2.32. The first-order valence-corrected chi connectivity index (χ1v) is 6.35. The number of nitrogens with zero attached hydrogens (tertiary/aromatic N) is 2. The Labute approximate surface area is 117 Å². The molecule has 0 aromatic heterocycles. The predicted octanol–water partition coefficient (Wildman–Crippen LogP) is 1.44. The molecule has 1 atom stereocenters.